The van der Waals surface area contributed by atoms with Crippen molar-refractivity contribution in [3.63, 3.8) is 0 Å². The first kappa shape index (κ1) is 66.3. The van der Waals surface area contributed by atoms with Crippen LogP contribution in [0.25, 0.3) is 0 Å². The molecule has 1 unspecified atom stereocenters. The molecule has 400 valence electrons. The van der Waals surface area contributed by atoms with E-state index in [-0.39, 0.29) is 25.2 Å². The molecular weight excluding hydrogens is 849 g/mol. The number of aliphatic hydroxyl groups excluding tert-OH is 1. The minimum absolute atomic E-state index is 0.0611. The summed E-state index contributed by atoms with van der Waals surface area (Å²) in [6.07, 6.45) is 81.8. The molecule has 0 heterocycles. The lowest BCUT2D eigenvalue weighted by Gasteiger charge is -2.15. The maximum atomic E-state index is 12.3. The van der Waals surface area contributed by atoms with Crippen LogP contribution in [-0.4, -0.2) is 36.4 Å². The van der Waals surface area contributed by atoms with Crippen LogP contribution in [0.4, 0.5) is 0 Å². The highest BCUT2D eigenvalue weighted by Crippen LogP contribution is 2.17. The van der Waals surface area contributed by atoms with Crippen molar-refractivity contribution in [1.82, 2.24) is 0 Å². The Hall–Kier alpha value is -2.66. The number of aliphatic hydroxyl groups is 1. The first-order valence-corrected chi connectivity index (χ1v) is 30.0. The zero-order valence-electron chi connectivity index (χ0n) is 45.8. The van der Waals surface area contributed by atoms with E-state index in [0.717, 1.165) is 77.0 Å². The normalized spacial score (nSPS) is 12.7. The molecule has 0 saturated heterocycles. The van der Waals surface area contributed by atoms with Crippen molar-refractivity contribution < 1.29 is 24.2 Å². The zero-order chi connectivity index (χ0) is 49.9. The summed E-state index contributed by atoms with van der Waals surface area (Å²) in [7, 11) is 0. The van der Waals surface area contributed by atoms with E-state index >= 15 is 0 Å². The predicted octanol–water partition coefficient (Wildman–Crippen LogP) is 20.4. The summed E-state index contributed by atoms with van der Waals surface area (Å²) in [4.78, 5) is 24.5. The first-order valence-electron chi connectivity index (χ1n) is 30.0. The smallest absolute Gasteiger partial charge is 0.306 e. The van der Waals surface area contributed by atoms with E-state index in [0.29, 0.717) is 12.8 Å². The SMILES string of the molecule is CC/C=C\C/C=C\C/C=C\C/C=C\C/C=C\C/C=C\CCCCCCCCCCCCCCCCCCCCCCC(=O)OC(CO)COC(=O)CCCCCCCCCCCCCCCCCC. The molecule has 5 nitrogen and oxygen atoms in total. The lowest BCUT2D eigenvalue weighted by molar-refractivity contribution is -0.161. The average molecular weight is 964 g/mol. The van der Waals surface area contributed by atoms with Crippen molar-refractivity contribution in [3.8, 4) is 0 Å². The van der Waals surface area contributed by atoms with Crippen molar-refractivity contribution in [2.45, 2.75) is 309 Å². The third-order valence-corrected chi connectivity index (χ3v) is 13.3. The molecule has 69 heavy (non-hydrogen) atoms. The number of carbonyl (C=O) groups excluding carboxylic acids is 2. The number of carbonyl (C=O) groups is 2. The Balaban J connectivity index is 3.42. The highest BCUT2D eigenvalue weighted by atomic mass is 16.6. The van der Waals surface area contributed by atoms with Gasteiger partial charge in [-0.25, -0.2) is 0 Å². The maximum absolute atomic E-state index is 12.3. The molecule has 0 rings (SSSR count). The van der Waals surface area contributed by atoms with Gasteiger partial charge in [0.15, 0.2) is 6.10 Å². The van der Waals surface area contributed by atoms with E-state index in [2.05, 4.69) is 86.8 Å². The molecule has 0 radical (unpaired) electrons. The van der Waals surface area contributed by atoms with Gasteiger partial charge in [0.2, 0.25) is 0 Å². The minimum Gasteiger partial charge on any atom is -0.462 e. The van der Waals surface area contributed by atoms with Crippen LogP contribution < -0.4 is 0 Å². The summed E-state index contributed by atoms with van der Waals surface area (Å²) >= 11 is 0. The van der Waals surface area contributed by atoms with Gasteiger partial charge in [-0.1, -0.05) is 299 Å². The van der Waals surface area contributed by atoms with E-state index in [1.165, 1.54) is 199 Å². The third kappa shape index (κ3) is 57.8. The van der Waals surface area contributed by atoms with E-state index in [1.54, 1.807) is 0 Å². The van der Waals surface area contributed by atoms with Crippen molar-refractivity contribution in [3.05, 3.63) is 72.9 Å². The molecule has 0 aliphatic carbocycles. The summed E-state index contributed by atoms with van der Waals surface area (Å²) < 4.78 is 10.7. The Kier molecular flexibility index (Phi) is 57.3. The molecule has 0 aliphatic rings. The molecule has 5 heteroatoms. The minimum atomic E-state index is -0.770. The van der Waals surface area contributed by atoms with E-state index in [9.17, 15) is 14.7 Å². The Labute approximate surface area is 429 Å². The summed E-state index contributed by atoms with van der Waals surface area (Å²) in [5.74, 6) is -0.575. The van der Waals surface area contributed by atoms with Gasteiger partial charge in [0.25, 0.3) is 0 Å². The second kappa shape index (κ2) is 59.6. The second-order valence-electron chi connectivity index (χ2n) is 20.1. The maximum Gasteiger partial charge on any atom is 0.306 e. The number of hydrogen-bond acceptors (Lipinski definition) is 5. The van der Waals surface area contributed by atoms with Crippen LogP contribution in [0.2, 0.25) is 0 Å². The number of esters is 2. The molecule has 1 atom stereocenters. The zero-order valence-corrected chi connectivity index (χ0v) is 45.8. The van der Waals surface area contributed by atoms with Crippen LogP contribution in [0.1, 0.15) is 303 Å². The molecule has 0 aromatic rings. The van der Waals surface area contributed by atoms with E-state index < -0.39 is 6.10 Å². The van der Waals surface area contributed by atoms with Gasteiger partial charge in [0.1, 0.15) is 6.61 Å². The monoisotopic (exact) mass is 963 g/mol. The van der Waals surface area contributed by atoms with E-state index in [4.69, 9.17) is 9.47 Å². The lowest BCUT2D eigenvalue weighted by atomic mass is 10.0. The van der Waals surface area contributed by atoms with Gasteiger partial charge in [-0.15, -0.1) is 0 Å². The van der Waals surface area contributed by atoms with Crippen molar-refractivity contribution in [2.24, 2.45) is 0 Å². The summed E-state index contributed by atoms with van der Waals surface area (Å²) in [5, 5.41) is 9.65. The molecule has 0 fully saturated rings. The first-order chi connectivity index (χ1) is 34.1. The molecule has 1 N–H and O–H groups in total. The number of hydrogen-bond donors (Lipinski definition) is 1. The largest absolute Gasteiger partial charge is 0.462 e. The second-order valence-corrected chi connectivity index (χ2v) is 20.1. The van der Waals surface area contributed by atoms with Gasteiger partial charge in [0.05, 0.1) is 6.61 Å². The topological polar surface area (TPSA) is 72.8 Å². The number of unbranched alkanes of at least 4 members (excludes halogenated alkanes) is 35. The van der Waals surface area contributed by atoms with Gasteiger partial charge in [-0.2, -0.15) is 0 Å². The fourth-order valence-electron chi connectivity index (χ4n) is 8.80. The van der Waals surface area contributed by atoms with Crippen LogP contribution in [0.3, 0.4) is 0 Å². The van der Waals surface area contributed by atoms with Gasteiger partial charge >= 0.3 is 11.9 Å². The lowest BCUT2D eigenvalue weighted by Crippen LogP contribution is -2.28. The van der Waals surface area contributed by atoms with Gasteiger partial charge < -0.3 is 14.6 Å². The van der Waals surface area contributed by atoms with Crippen LogP contribution in [0, 0.1) is 0 Å². The Morgan fingerprint density at radius 1 is 0.348 bits per heavy atom. The summed E-state index contributed by atoms with van der Waals surface area (Å²) in [5.41, 5.74) is 0. The molecular formula is C64H114O5. The quantitative estimate of drug-likeness (QED) is 0.0374. The third-order valence-electron chi connectivity index (χ3n) is 13.3. The van der Waals surface area contributed by atoms with Crippen LogP contribution >= 0.6 is 0 Å². The van der Waals surface area contributed by atoms with Gasteiger partial charge in [-0.3, -0.25) is 9.59 Å². The highest BCUT2D eigenvalue weighted by Gasteiger charge is 2.16. The molecule has 0 aromatic carbocycles. The number of rotatable bonds is 55. The van der Waals surface area contributed by atoms with E-state index in [1.807, 2.05) is 0 Å². The van der Waals surface area contributed by atoms with Crippen LogP contribution in [0.15, 0.2) is 72.9 Å². The number of allylic oxidation sites excluding steroid dienone is 12. The van der Waals surface area contributed by atoms with Crippen molar-refractivity contribution in [2.75, 3.05) is 13.2 Å². The number of ether oxygens (including phenoxy) is 2. The molecule has 0 saturated carbocycles. The molecule has 0 bridgehead atoms. The van der Waals surface area contributed by atoms with Crippen LogP contribution in [-0.2, 0) is 19.1 Å². The molecule has 0 amide bonds. The Morgan fingerprint density at radius 3 is 0.942 bits per heavy atom. The van der Waals surface area contributed by atoms with Crippen molar-refractivity contribution in [1.29, 1.82) is 0 Å². The molecule has 0 spiro atoms. The standard InChI is InChI=1S/C64H114O5/c1-3-5-7-9-11-13-15-17-19-21-22-23-24-25-26-27-28-29-30-31-32-33-34-35-36-37-38-39-40-41-42-43-45-47-49-51-53-55-57-59-64(67)69-62(60-65)61-68-63(66)58-56-54-52-50-48-46-44-20-18-16-14-12-10-8-6-4-2/h5,7,11,13,17,19,22-23,25-26,28-29,62,65H,3-4,6,8-10,12,14-16,18,20-21,24,27,30-61H2,1-2H3/b7-5-,13-11-,19-17-,23-22-,26-25-,29-28-. The Bertz CT molecular complexity index is 1230. The Morgan fingerprint density at radius 2 is 0.623 bits per heavy atom. The van der Waals surface area contributed by atoms with Crippen molar-refractivity contribution >= 4 is 11.9 Å². The van der Waals surface area contributed by atoms with Gasteiger partial charge in [-0.05, 0) is 64.2 Å². The fourth-order valence-corrected chi connectivity index (χ4v) is 8.80. The fraction of sp³-hybridized carbons (Fsp3) is 0.781. The summed E-state index contributed by atoms with van der Waals surface area (Å²) in [6, 6.07) is 0. The average Bonchev–Trinajstić information content (AvgIpc) is 3.35. The van der Waals surface area contributed by atoms with Gasteiger partial charge in [0, 0.05) is 12.8 Å². The highest BCUT2D eigenvalue weighted by molar-refractivity contribution is 5.70. The molecule has 0 aliphatic heterocycles. The molecule has 0 aromatic heterocycles. The van der Waals surface area contributed by atoms with Crippen LogP contribution in [0.5, 0.6) is 0 Å². The predicted molar refractivity (Wildman–Crippen MR) is 302 cm³/mol. The summed E-state index contributed by atoms with van der Waals surface area (Å²) in [6.45, 7) is 4.06.